The largest absolute Gasteiger partial charge is 0.492 e. The molecule has 1 N–H and O–H groups in total. The van der Waals surface area contributed by atoms with Gasteiger partial charge in [-0.1, -0.05) is 29.8 Å². The minimum absolute atomic E-state index is 0.200. The monoisotopic (exact) mass is 283 g/mol. The van der Waals surface area contributed by atoms with E-state index in [1.807, 2.05) is 19.2 Å². The summed E-state index contributed by atoms with van der Waals surface area (Å²) in [7, 11) is 1.99. The molecule has 0 radical (unpaired) electrons. The Balaban J connectivity index is 2.17. The van der Waals surface area contributed by atoms with Crippen LogP contribution in [0.3, 0.4) is 0 Å². The van der Waals surface area contributed by atoms with Crippen LogP contribution in [0.2, 0.25) is 0 Å². The van der Waals surface area contributed by atoms with Crippen LogP contribution in [0, 0.1) is 27.7 Å². The van der Waals surface area contributed by atoms with Gasteiger partial charge in [-0.2, -0.15) is 0 Å². The Kier molecular flexibility index (Phi) is 5.03. The van der Waals surface area contributed by atoms with Gasteiger partial charge in [0.2, 0.25) is 0 Å². The first-order chi connectivity index (χ1) is 10.0. The fourth-order valence-corrected chi connectivity index (χ4v) is 2.94. The highest BCUT2D eigenvalue weighted by atomic mass is 16.5. The molecule has 0 aliphatic carbocycles. The SMILES string of the molecule is CNC(COc1cccc(C)c1)c1c(C)cc(C)cc1C. The molecular weight excluding hydrogens is 258 g/mol. The van der Waals surface area contributed by atoms with E-state index in [0.717, 1.165) is 5.75 Å². The smallest absolute Gasteiger partial charge is 0.119 e. The van der Waals surface area contributed by atoms with Gasteiger partial charge in [-0.25, -0.2) is 0 Å². The highest BCUT2D eigenvalue weighted by molar-refractivity contribution is 5.40. The van der Waals surface area contributed by atoms with Gasteiger partial charge in [-0.3, -0.25) is 0 Å². The molecule has 2 rings (SSSR count). The molecule has 0 bridgehead atoms. The molecule has 0 heterocycles. The molecule has 0 amide bonds. The van der Waals surface area contributed by atoms with Gasteiger partial charge >= 0.3 is 0 Å². The zero-order valence-corrected chi connectivity index (χ0v) is 13.7. The molecular formula is C19H25NO. The molecule has 0 aromatic heterocycles. The number of hydrogen-bond donors (Lipinski definition) is 1. The minimum atomic E-state index is 0.200. The predicted octanol–water partition coefficient (Wildman–Crippen LogP) is 4.26. The van der Waals surface area contributed by atoms with Gasteiger partial charge in [0, 0.05) is 0 Å². The van der Waals surface area contributed by atoms with Crippen molar-refractivity contribution in [3.8, 4) is 5.75 Å². The summed E-state index contributed by atoms with van der Waals surface area (Å²) in [6.45, 7) is 9.20. The Labute approximate surface area is 128 Å². The number of benzene rings is 2. The lowest BCUT2D eigenvalue weighted by Gasteiger charge is -2.22. The average Bonchev–Trinajstić information content (AvgIpc) is 2.41. The van der Waals surface area contributed by atoms with Crippen molar-refractivity contribution < 1.29 is 4.74 Å². The van der Waals surface area contributed by atoms with Crippen LogP contribution in [0.15, 0.2) is 36.4 Å². The topological polar surface area (TPSA) is 21.3 Å². The molecule has 2 aromatic rings. The van der Waals surface area contributed by atoms with Gasteiger partial charge in [0.05, 0.1) is 6.04 Å². The zero-order valence-electron chi connectivity index (χ0n) is 13.7. The summed E-state index contributed by atoms with van der Waals surface area (Å²) >= 11 is 0. The molecule has 0 saturated heterocycles. The van der Waals surface area contributed by atoms with Crippen LogP contribution < -0.4 is 10.1 Å². The molecule has 1 atom stereocenters. The van der Waals surface area contributed by atoms with E-state index < -0.39 is 0 Å². The molecule has 0 aliphatic rings. The van der Waals surface area contributed by atoms with Crippen molar-refractivity contribution >= 4 is 0 Å². The molecule has 0 aliphatic heterocycles. The van der Waals surface area contributed by atoms with Crippen molar-refractivity contribution in [3.63, 3.8) is 0 Å². The van der Waals surface area contributed by atoms with Crippen molar-refractivity contribution in [3.05, 3.63) is 64.2 Å². The van der Waals surface area contributed by atoms with Gasteiger partial charge in [-0.15, -0.1) is 0 Å². The van der Waals surface area contributed by atoms with E-state index in [-0.39, 0.29) is 6.04 Å². The maximum Gasteiger partial charge on any atom is 0.119 e. The Hall–Kier alpha value is -1.80. The van der Waals surface area contributed by atoms with Gasteiger partial charge in [0.1, 0.15) is 12.4 Å². The molecule has 0 fully saturated rings. The predicted molar refractivity (Wildman–Crippen MR) is 89.1 cm³/mol. The van der Waals surface area contributed by atoms with Crippen LogP contribution in [0.1, 0.15) is 33.9 Å². The standard InChI is InChI=1S/C19H25NO/c1-13-7-6-8-17(11-13)21-12-18(20-5)19-15(3)9-14(2)10-16(19)4/h6-11,18,20H,12H2,1-5H3. The number of likely N-dealkylation sites (N-methyl/N-ethyl adjacent to an activating group) is 1. The normalized spacial score (nSPS) is 12.2. The lowest BCUT2D eigenvalue weighted by atomic mass is 9.94. The number of aryl methyl sites for hydroxylation is 4. The van der Waals surface area contributed by atoms with Gasteiger partial charge in [0.25, 0.3) is 0 Å². The summed E-state index contributed by atoms with van der Waals surface area (Å²) in [4.78, 5) is 0. The molecule has 112 valence electrons. The fourth-order valence-electron chi connectivity index (χ4n) is 2.94. The first-order valence-electron chi connectivity index (χ1n) is 7.45. The Bertz CT molecular complexity index is 596. The van der Waals surface area contributed by atoms with E-state index >= 15 is 0 Å². The van der Waals surface area contributed by atoms with Crippen LogP contribution in [-0.2, 0) is 0 Å². The Morgan fingerprint density at radius 3 is 2.19 bits per heavy atom. The minimum Gasteiger partial charge on any atom is -0.492 e. The molecule has 1 unspecified atom stereocenters. The molecule has 2 nitrogen and oxygen atoms in total. The molecule has 2 heteroatoms. The third kappa shape index (κ3) is 3.85. The summed E-state index contributed by atoms with van der Waals surface area (Å²) in [5.41, 5.74) is 6.51. The van der Waals surface area contributed by atoms with Crippen LogP contribution in [0.25, 0.3) is 0 Å². The van der Waals surface area contributed by atoms with Crippen LogP contribution in [0.5, 0.6) is 5.75 Å². The second-order valence-electron chi connectivity index (χ2n) is 5.78. The first-order valence-corrected chi connectivity index (χ1v) is 7.45. The fraction of sp³-hybridized carbons (Fsp3) is 0.368. The lowest BCUT2D eigenvalue weighted by molar-refractivity contribution is 0.272. The quantitative estimate of drug-likeness (QED) is 0.885. The van der Waals surface area contributed by atoms with Gasteiger partial charge < -0.3 is 10.1 Å². The van der Waals surface area contributed by atoms with Gasteiger partial charge in [-0.05, 0) is 69.1 Å². The van der Waals surface area contributed by atoms with E-state index in [0.29, 0.717) is 6.61 Å². The third-order valence-electron chi connectivity index (χ3n) is 3.84. The van der Waals surface area contributed by atoms with E-state index in [9.17, 15) is 0 Å². The van der Waals surface area contributed by atoms with Crippen molar-refractivity contribution in [2.45, 2.75) is 33.7 Å². The highest BCUT2D eigenvalue weighted by Gasteiger charge is 2.15. The van der Waals surface area contributed by atoms with E-state index in [1.165, 1.54) is 27.8 Å². The van der Waals surface area contributed by atoms with Crippen LogP contribution >= 0.6 is 0 Å². The lowest BCUT2D eigenvalue weighted by Crippen LogP contribution is -2.25. The first kappa shape index (κ1) is 15.6. The number of hydrogen-bond acceptors (Lipinski definition) is 2. The van der Waals surface area contributed by atoms with Crippen molar-refractivity contribution in [1.29, 1.82) is 0 Å². The van der Waals surface area contributed by atoms with Crippen LogP contribution in [0.4, 0.5) is 0 Å². The molecule has 21 heavy (non-hydrogen) atoms. The summed E-state index contributed by atoms with van der Waals surface area (Å²) in [6, 6.07) is 12.9. The van der Waals surface area contributed by atoms with Crippen LogP contribution in [-0.4, -0.2) is 13.7 Å². The number of ether oxygens (including phenoxy) is 1. The molecule has 0 saturated carbocycles. The third-order valence-corrected chi connectivity index (χ3v) is 3.84. The maximum atomic E-state index is 5.97. The van der Waals surface area contributed by atoms with Gasteiger partial charge in [0.15, 0.2) is 0 Å². The number of rotatable bonds is 5. The van der Waals surface area contributed by atoms with Crippen molar-refractivity contribution in [1.82, 2.24) is 5.32 Å². The van der Waals surface area contributed by atoms with E-state index in [4.69, 9.17) is 4.74 Å². The maximum absolute atomic E-state index is 5.97. The summed E-state index contributed by atoms with van der Waals surface area (Å²) in [6.07, 6.45) is 0. The summed E-state index contributed by atoms with van der Waals surface area (Å²) in [5, 5.41) is 3.38. The number of nitrogens with one attached hydrogen (secondary N) is 1. The van der Waals surface area contributed by atoms with Crippen molar-refractivity contribution in [2.75, 3.05) is 13.7 Å². The average molecular weight is 283 g/mol. The Morgan fingerprint density at radius 1 is 0.952 bits per heavy atom. The van der Waals surface area contributed by atoms with Crippen molar-refractivity contribution in [2.24, 2.45) is 0 Å². The molecule has 0 spiro atoms. The molecule has 2 aromatic carbocycles. The van der Waals surface area contributed by atoms with E-state index in [1.54, 1.807) is 0 Å². The highest BCUT2D eigenvalue weighted by Crippen LogP contribution is 2.24. The summed E-state index contributed by atoms with van der Waals surface area (Å²) < 4.78 is 5.97. The Morgan fingerprint density at radius 2 is 1.62 bits per heavy atom. The van der Waals surface area contributed by atoms with E-state index in [2.05, 4.69) is 57.3 Å². The second-order valence-corrected chi connectivity index (χ2v) is 5.78. The second kappa shape index (κ2) is 6.77. The zero-order chi connectivity index (χ0) is 15.4. The summed E-state index contributed by atoms with van der Waals surface area (Å²) in [5.74, 6) is 0.928.